The van der Waals surface area contributed by atoms with Crippen molar-refractivity contribution in [1.82, 2.24) is 9.55 Å². The maximum Gasteiger partial charge on any atom is 0.420 e. The molecule has 1 fully saturated rings. The molecule has 5 nitrogen and oxygen atoms in total. The summed E-state index contributed by atoms with van der Waals surface area (Å²) in [5.74, 6) is 1.13. The standard InChI is InChI=1S/C17H23N3O2/c1-17(2,3)22-16(21)20-14-10-12(18)8-9-13(14)19-15(20)11-6-4-5-7-11/h8-11H,4-7,18H2,1-3H3. The van der Waals surface area contributed by atoms with E-state index in [2.05, 4.69) is 0 Å². The number of ether oxygens (including phenoxy) is 1. The molecule has 0 saturated heterocycles. The number of carbonyl (C=O) groups is 1. The molecule has 1 saturated carbocycles. The van der Waals surface area contributed by atoms with Gasteiger partial charge in [-0.05, 0) is 51.8 Å². The normalized spacial score (nSPS) is 16.3. The van der Waals surface area contributed by atoms with Crippen molar-refractivity contribution in [1.29, 1.82) is 0 Å². The number of hydrogen-bond donors (Lipinski definition) is 1. The van der Waals surface area contributed by atoms with Crippen molar-refractivity contribution in [2.45, 2.75) is 58.0 Å². The monoisotopic (exact) mass is 301 g/mol. The second-order valence-electron chi connectivity index (χ2n) is 7.02. The Labute approximate surface area is 130 Å². The zero-order valence-electron chi connectivity index (χ0n) is 13.4. The van der Waals surface area contributed by atoms with Crippen LogP contribution in [0.1, 0.15) is 58.2 Å². The van der Waals surface area contributed by atoms with Gasteiger partial charge in [-0.15, -0.1) is 0 Å². The first-order valence-corrected chi connectivity index (χ1v) is 7.86. The van der Waals surface area contributed by atoms with E-state index in [-0.39, 0.29) is 6.09 Å². The van der Waals surface area contributed by atoms with E-state index in [1.54, 1.807) is 10.6 Å². The van der Waals surface area contributed by atoms with Gasteiger partial charge in [0.05, 0.1) is 11.0 Å². The summed E-state index contributed by atoms with van der Waals surface area (Å²) in [7, 11) is 0. The van der Waals surface area contributed by atoms with Crippen molar-refractivity contribution in [2.24, 2.45) is 0 Å². The van der Waals surface area contributed by atoms with Crippen molar-refractivity contribution in [3.05, 3.63) is 24.0 Å². The molecule has 0 aliphatic heterocycles. The molecule has 1 aliphatic rings. The fourth-order valence-corrected chi connectivity index (χ4v) is 3.07. The minimum absolute atomic E-state index is 0.321. The van der Waals surface area contributed by atoms with Crippen LogP contribution in [0.25, 0.3) is 11.0 Å². The van der Waals surface area contributed by atoms with Gasteiger partial charge in [0.15, 0.2) is 0 Å². The Morgan fingerprint density at radius 3 is 2.64 bits per heavy atom. The molecule has 0 unspecified atom stereocenters. The molecule has 2 N–H and O–H groups in total. The number of anilines is 1. The van der Waals surface area contributed by atoms with Gasteiger partial charge in [-0.3, -0.25) is 0 Å². The molecule has 0 spiro atoms. The fourth-order valence-electron chi connectivity index (χ4n) is 3.07. The summed E-state index contributed by atoms with van der Waals surface area (Å²) in [5.41, 5.74) is 7.50. The molecule has 1 heterocycles. The zero-order chi connectivity index (χ0) is 15.9. The van der Waals surface area contributed by atoms with Crippen molar-refractivity contribution >= 4 is 22.8 Å². The molecule has 0 bridgehead atoms. The Morgan fingerprint density at radius 1 is 1.32 bits per heavy atom. The molecule has 3 rings (SSSR count). The number of rotatable bonds is 1. The maximum absolute atomic E-state index is 12.7. The van der Waals surface area contributed by atoms with E-state index >= 15 is 0 Å². The quantitative estimate of drug-likeness (QED) is 0.806. The van der Waals surface area contributed by atoms with Gasteiger partial charge in [0.25, 0.3) is 0 Å². The Bertz CT molecular complexity index is 706. The fraction of sp³-hybridized carbons (Fsp3) is 0.529. The summed E-state index contributed by atoms with van der Waals surface area (Å²) in [5, 5.41) is 0. The minimum Gasteiger partial charge on any atom is -0.443 e. The Balaban J connectivity index is 2.12. The highest BCUT2D eigenvalue weighted by atomic mass is 16.6. The largest absolute Gasteiger partial charge is 0.443 e. The molecular formula is C17H23N3O2. The minimum atomic E-state index is -0.541. The molecule has 118 valence electrons. The predicted molar refractivity (Wildman–Crippen MR) is 87.0 cm³/mol. The molecule has 0 amide bonds. The SMILES string of the molecule is CC(C)(C)OC(=O)n1c(C2CCCC2)nc2ccc(N)cc21. The number of benzene rings is 1. The zero-order valence-corrected chi connectivity index (χ0v) is 13.4. The third-order valence-electron chi connectivity index (χ3n) is 4.00. The number of nitrogens with zero attached hydrogens (tertiary/aromatic N) is 2. The smallest absolute Gasteiger partial charge is 0.420 e. The molecule has 0 atom stereocenters. The van der Waals surface area contributed by atoms with Gasteiger partial charge in [-0.1, -0.05) is 12.8 Å². The molecule has 1 aromatic carbocycles. The topological polar surface area (TPSA) is 70.1 Å². The highest BCUT2D eigenvalue weighted by Gasteiger charge is 2.29. The van der Waals surface area contributed by atoms with Crippen molar-refractivity contribution < 1.29 is 9.53 Å². The molecule has 5 heteroatoms. The van der Waals surface area contributed by atoms with Gasteiger partial charge >= 0.3 is 6.09 Å². The lowest BCUT2D eigenvalue weighted by atomic mass is 10.1. The van der Waals surface area contributed by atoms with Gasteiger partial charge in [0, 0.05) is 11.6 Å². The Hall–Kier alpha value is -2.04. The second kappa shape index (κ2) is 5.30. The summed E-state index contributed by atoms with van der Waals surface area (Å²) in [6.45, 7) is 5.61. The summed E-state index contributed by atoms with van der Waals surface area (Å²) in [6, 6.07) is 5.47. The van der Waals surface area contributed by atoms with Crippen LogP contribution >= 0.6 is 0 Å². The van der Waals surface area contributed by atoms with Crippen LogP contribution in [0.5, 0.6) is 0 Å². The van der Waals surface area contributed by atoms with Crippen LogP contribution in [-0.4, -0.2) is 21.2 Å². The van der Waals surface area contributed by atoms with E-state index in [0.717, 1.165) is 29.7 Å². The third-order valence-corrected chi connectivity index (χ3v) is 4.00. The van der Waals surface area contributed by atoms with Crippen LogP contribution in [0.2, 0.25) is 0 Å². The van der Waals surface area contributed by atoms with Crippen LogP contribution in [0.15, 0.2) is 18.2 Å². The summed E-state index contributed by atoms with van der Waals surface area (Å²) in [4.78, 5) is 17.4. The van der Waals surface area contributed by atoms with Gasteiger partial charge < -0.3 is 10.5 Å². The van der Waals surface area contributed by atoms with Crippen LogP contribution in [0.4, 0.5) is 10.5 Å². The first-order valence-electron chi connectivity index (χ1n) is 7.86. The lowest BCUT2D eigenvalue weighted by Gasteiger charge is -2.21. The molecule has 2 aromatic rings. The number of nitrogen functional groups attached to an aromatic ring is 1. The number of hydrogen-bond acceptors (Lipinski definition) is 4. The average Bonchev–Trinajstić information content (AvgIpc) is 3.02. The highest BCUT2D eigenvalue weighted by Crippen LogP contribution is 2.35. The van der Waals surface area contributed by atoms with Crippen molar-refractivity contribution in [3.63, 3.8) is 0 Å². The van der Waals surface area contributed by atoms with Gasteiger partial charge in [0.2, 0.25) is 0 Å². The van der Waals surface area contributed by atoms with E-state index in [9.17, 15) is 4.79 Å². The molecule has 1 aliphatic carbocycles. The average molecular weight is 301 g/mol. The maximum atomic E-state index is 12.7. The van der Waals surface area contributed by atoms with E-state index in [1.165, 1.54) is 12.8 Å². The van der Waals surface area contributed by atoms with E-state index in [4.69, 9.17) is 15.5 Å². The van der Waals surface area contributed by atoms with Gasteiger partial charge in [-0.2, -0.15) is 0 Å². The summed E-state index contributed by atoms with van der Waals surface area (Å²) < 4.78 is 7.19. The third kappa shape index (κ3) is 2.80. The predicted octanol–water partition coefficient (Wildman–Crippen LogP) is 4.06. The molecule has 1 aromatic heterocycles. The first kappa shape index (κ1) is 14.9. The van der Waals surface area contributed by atoms with Crippen LogP contribution in [0, 0.1) is 0 Å². The lowest BCUT2D eigenvalue weighted by molar-refractivity contribution is 0.0537. The Morgan fingerprint density at radius 2 is 2.00 bits per heavy atom. The van der Waals surface area contributed by atoms with Gasteiger partial charge in [0.1, 0.15) is 11.4 Å². The summed E-state index contributed by atoms with van der Waals surface area (Å²) in [6.07, 6.45) is 4.14. The van der Waals surface area contributed by atoms with Gasteiger partial charge in [-0.25, -0.2) is 14.3 Å². The number of fused-ring (bicyclic) bond motifs is 1. The lowest BCUT2D eigenvalue weighted by Crippen LogP contribution is -2.28. The second-order valence-corrected chi connectivity index (χ2v) is 7.02. The van der Waals surface area contributed by atoms with Crippen LogP contribution in [-0.2, 0) is 4.74 Å². The first-order chi connectivity index (χ1) is 10.3. The summed E-state index contributed by atoms with van der Waals surface area (Å²) >= 11 is 0. The van der Waals surface area contributed by atoms with Crippen molar-refractivity contribution in [2.75, 3.05) is 5.73 Å². The number of carbonyl (C=O) groups excluding carboxylic acids is 1. The molecule has 0 radical (unpaired) electrons. The number of imidazole rings is 1. The van der Waals surface area contributed by atoms with Crippen molar-refractivity contribution in [3.8, 4) is 0 Å². The highest BCUT2D eigenvalue weighted by molar-refractivity contribution is 5.89. The number of aromatic nitrogens is 2. The number of nitrogens with two attached hydrogens (primary N) is 1. The van der Waals surface area contributed by atoms with Crippen LogP contribution in [0.3, 0.4) is 0 Å². The van der Waals surface area contributed by atoms with E-state index in [0.29, 0.717) is 11.6 Å². The molecule has 22 heavy (non-hydrogen) atoms. The van der Waals surface area contributed by atoms with E-state index < -0.39 is 5.60 Å². The van der Waals surface area contributed by atoms with Crippen LogP contribution < -0.4 is 5.73 Å². The van der Waals surface area contributed by atoms with E-state index in [1.807, 2.05) is 32.9 Å². The molecular weight excluding hydrogens is 278 g/mol. The Kier molecular flexibility index (Phi) is 3.59.